The van der Waals surface area contributed by atoms with Crippen molar-refractivity contribution in [3.05, 3.63) is 41.9 Å². The molecule has 2 heterocycles. The van der Waals surface area contributed by atoms with Gasteiger partial charge in [-0.1, -0.05) is 0 Å². The Morgan fingerprint density at radius 1 is 1.29 bits per heavy atom. The van der Waals surface area contributed by atoms with E-state index in [1.165, 1.54) is 6.26 Å². The van der Waals surface area contributed by atoms with Gasteiger partial charge in [-0.15, -0.1) is 0 Å². The van der Waals surface area contributed by atoms with Crippen LogP contribution in [0.25, 0.3) is 0 Å². The number of furan rings is 1. The second-order valence-corrected chi connectivity index (χ2v) is 5.73. The molecule has 0 atom stereocenters. The lowest BCUT2D eigenvalue weighted by Gasteiger charge is -2.28. The average Bonchev–Trinajstić information content (AvgIpc) is 3.01. The van der Waals surface area contributed by atoms with E-state index in [4.69, 9.17) is 9.15 Å². The second kappa shape index (κ2) is 6.78. The Balaban J connectivity index is 1.87. The molecule has 1 saturated heterocycles. The number of hydrogen-bond acceptors (Lipinski definition) is 4. The molecule has 0 bridgehead atoms. The number of hydrogen-bond donors (Lipinski definition) is 1. The summed E-state index contributed by atoms with van der Waals surface area (Å²) in [7, 11) is 1.57. The molecule has 0 saturated carbocycles. The van der Waals surface area contributed by atoms with Crippen molar-refractivity contribution in [1.82, 2.24) is 0 Å². The van der Waals surface area contributed by atoms with Crippen LogP contribution < -0.4 is 15.0 Å². The highest BCUT2D eigenvalue weighted by Crippen LogP contribution is 2.33. The number of aryl methyl sites for hydroxylation is 1. The van der Waals surface area contributed by atoms with Gasteiger partial charge in [-0.25, -0.2) is 0 Å². The molecule has 0 spiro atoms. The molecule has 6 heteroatoms. The van der Waals surface area contributed by atoms with Crippen molar-refractivity contribution in [3.8, 4) is 5.75 Å². The van der Waals surface area contributed by atoms with E-state index in [0.29, 0.717) is 41.4 Å². The number of ether oxygens (including phenoxy) is 1. The van der Waals surface area contributed by atoms with Crippen molar-refractivity contribution >= 4 is 23.2 Å². The molecule has 1 aromatic carbocycles. The van der Waals surface area contributed by atoms with Gasteiger partial charge in [0.1, 0.15) is 11.5 Å². The van der Waals surface area contributed by atoms with Crippen molar-refractivity contribution in [1.29, 1.82) is 0 Å². The minimum Gasteiger partial charge on any atom is -0.495 e. The summed E-state index contributed by atoms with van der Waals surface area (Å²) in [5.74, 6) is 1.01. The summed E-state index contributed by atoms with van der Waals surface area (Å²) in [5, 5.41) is 2.84. The molecule has 1 N–H and O–H groups in total. The molecule has 0 radical (unpaired) electrons. The van der Waals surface area contributed by atoms with E-state index in [1.807, 2.05) is 0 Å². The lowest BCUT2D eigenvalue weighted by atomic mass is 10.1. The first kappa shape index (κ1) is 16.1. The number of piperidine rings is 1. The molecule has 3 rings (SSSR count). The third-order valence-corrected chi connectivity index (χ3v) is 4.15. The fourth-order valence-electron chi connectivity index (χ4n) is 2.86. The largest absolute Gasteiger partial charge is 0.495 e. The fraction of sp³-hybridized carbons (Fsp3) is 0.333. The Morgan fingerprint density at radius 2 is 2.12 bits per heavy atom. The summed E-state index contributed by atoms with van der Waals surface area (Å²) < 4.78 is 10.5. The normalized spacial score (nSPS) is 14.6. The molecule has 0 aliphatic carbocycles. The highest BCUT2D eigenvalue weighted by atomic mass is 16.5. The van der Waals surface area contributed by atoms with E-state index in [0.717, 1.165) is 12.8 Å². The van der Waals surface area contributed by atoms with Gasteiger partial charge in [0.05, 0.1) is 24.6 Å². The number of carbonyl (C=O) groups excluding carboxylic acids is 2. The third-order valence-electron chi connectivity index (χ3n) is 4.15. The standard InChI is InChI=1S/C18H20N2O4/c1-12-14(8-10-24-12)18(22)19-13-6-7-16(23-2)15(11-13)20-9-4-3-5-17(20)21/h6-8,10-11H,3-5,9H2,1-2H3,(H,19,22). The Hall–Kier alpha value is -2.76. The molecule has 1 aliphatic heterocycles. The lowest BCUT2D eigenvalue weighted by Crippen LogP contribution is -2.35. The quantitative estimate of drug-likeness (QED) is 0.934. The molecule has 24 heavy (non-hydrogen) atoms. The summed E-state index contributed by atoms with van der Waals surface area (Å²) in [6.45, 7) is 2.40. The summed E-state index contributed by atoms with van der Waals surface area (Å²) in [6, 6.07) is 6.91. The molecular weight excluding hydrogens is 308 g/mol. The maximum absolute atomic E-state index is 12.3. The Morgan fingerprint density at radius 3 is 2.79 bits per heavy atom. The molecular formula is C18H20N2O4. The highest BCUT2D eigenvalue weighted by Gasteiger charge is 2.23. The molecule has 1 aliphatic rings. The van der Waals surface area contributed by atoms with Crippen LogP contribution in [0.15, 0.2) is 34.9 Å². The monoisotopic (exact) mass is 328 g/mol. The zero-order valence-corrected chi connectivity index (χ0v) is 13.8. The SMILES string of the molecule is COc1ccc(NC(=O)c2ccoc2C)cc1N1CCCCC1=O. The first-order chi connectivity index (χ1) is 11.6. The van der Waals surface area contributed by atoms with Gasteiger partial charge in [-0.05, 0) is 44.0 Å². The molecule has 1 fully saturated rings. The Labute approximate surface area is 140 Å². The Bertz CT molecular complexity index is 766. The smallest absolute Gasteiger partial charge is 0.259 e. The molecule has 1 aromatic heterocycles. The zero-order chi connectivity index (χ0) is 17.1. The van der Waals surface area contributed by atoms with Crippen LogP contribution in [0.4, 0.5) is 11.4 Å². The van der Waals surface area contributed by atoms with E-state index >= 15 is 0 Å². The predicted molar refractivity (Wildman–Crippen MR) is 90.6 cm³/mol. The maximum Gasteiger partial charge on any atom is 0.259 e. The van der Waals surface area contributed by atoms with E-state index in [-0.39, 0.29) is 11.8 Å². The highest BCUT2D eigenvalue weighted by molar-refractivity contribution is 6.05. The third kappa shape index (κ3) is 3.13. The van der Waals surface area contributed by atoms with Crippen LogP contribution in [0, 0.1) is 6.92 Å². The average molecular weight is 328 g/mol. The van der Waals surface area contributed by atoms with E-state index in [9.17, 15) is 9.59 Å². The van der Waals surface area contributed by atoms with E-state index < -0.39 is 0 Å². The summed E-state index contributed by atoms with van der Waals surface area (Å²) in [6.07, 6.45) is 3.89. The van der Waals surface area contributed by atoms with Crippen LogP contribution in [0.1, 0.15) is 35.4 Å². The fourth-order valence-corrected chi connectivity index (χ4v) is 2.86. The first-order valence-electron chi connectivity index (χ1n) is 7.94. The van der Waals surface area contributed by atoms with Crippen molar-refractivity contribution in [2.45, 2.75) is 26.2 Å². The Kier molecular flexibility index (Phi) is 4.55. The summed E-state index contributed by atoms with van der Waals surface area (Å²) >= 11 is 0. The molecule has 2 amide bonds. The van der Waals surface area contributed by atoms with Crippen molar-refractivity contribution < 1.29 is 18.7 Å². The van der Waals surface area contributed by atoms with Crippen LogP contribution in [0.2, 0.25) is 0 Å². The number of nitrogens with zero attached hydrogens (tertiary/aromatic N) is 1. The van der Waals surface area contributed by atoms with E-state index in [2.05, 4.69) is 5.32 Å². The zero-order valence-electron chi connectivity index (χ0n) is 13.8. The van der Waals surface area contributed by atoms with Crippen molar-refractivity contribution in [2.75, 3.05) is 23.9 Å². The maximum atomic E-state index is 12.3. The van der Waals surface area contributed by atoms with E-state index in [1.54, 1.807) is 43.2 Å². The predicted octanol–water partition coefficient (Wildman–Crippen LogP) is 3.37. The lowest BCUT2D eigenvalue weighted by molar-refractivity contribution is -0.119. The van der Waals surface area contributed by atoms with Gasteiger partial charge in [0.15, 0.2) is 0 Å². The van der Waals surface area contributed by atoms with Gasteiger partial charge >= 0.3 is 0 Å². The first-order valence-corrected chi connectivity index (χ1v) is 7.94. The van der Waals surface area contributed by atoms with Gasteiger partial charge in [-0.3, -0.25) is 9.59 Å². The molecule has 2 aromatic rings. The molecule has 126 valence electrons. The second-order valence-electron chi connectivity index (χ2n) is 5.73. The van der Waals surface area contributed by atoms with Gasteiger partial charge in [-0.2, -0.15) is 0 Å². The van der Waals surface area contributed by atoms with Crippen LogP contribution >= 0.6 is 0 Å². The van der Waals surface area contributed by atoms with Gasteiger partial charge in [0, 0.05) is 18.7 Å². The number of amides is 2. The summed E-state index contributed by atoms with van der Waals surface area (Å²) in [5.41, 5.74) is 1.78. The number of carbonyl (C=O) groups is 2. The summed E-state index contributed by atoms with van der Waals surface area (Å²) in [4.78, 5) is 26.2. The van der Waals surface area contributed by atoms with Gasteiger partial charge in [0.25, 0.3) is 5.91 Å². The minimum atomic E-state index is -0.248. The number of benzene rings is 1. The van der Waals surface area contributed by atoms with Crippen molar-refractivity contribution in [2.24, 2.45) is 0 Å². The number of rotatable bonds is 4. The van der Waals surface area contributed by atoms with Gasteiger partial charge < -0.3 is 19.4 Å². The topological polar surface area (TPSA) is 71.8 Å². The van der Waals surface area contributed by atoms with Crippen molar-refractivity contribution in [3.63, 3.8) is 0 Å². The number of nitrogens with one attached hydrogen (secondary N) is 1. The number of anilines is 2. The molecule has 0 unspecified atom stereocenters. The van der Waals surface area contributed by atoms with Crippen LogP contribution in [-0.2, 0) is 4.79 Å². The molecule has 6 nitrogen and oxygen atoms in total. The number of methoxy groups -OCH3 is 1. The minimum absolute atomic E-state index is 0.0775. The van der Waals surface area contributed by atoms with Crippen LogP contribution in [0.5, 0.6) is 5.75 Å². The van der Waals surface area contributed by atoms with Gasteiger partial charge in [0.2, 0.25) is 5.91 Å². The van der Waals surface area contributed by atoms with Crippen LogP contribution in [-0.4, -0.2) is 25.5 Å². The van der Waals surface area contributed by atoms with Crippen LogP contribution in [0.3, 0.4) is 0 Å².